The van der Waals surface area contributed by atoms with Gasteiger partial charge in [0, 0.05) is 22.7 Å². The number of nitrogens with zero attached hydrogens (tertiary/aromatic N) is 1. The number of Topliss-reactive ketones (excluding diaryl/α,β-unsaturated/α-hetero) is 1. The fourth-order valence-electron chi connectivity index (χ4n) is 4.16. The van der Waals surface area contributed by atoms with E-state index in [1.54, 1.807) is 0 Å². The lowest BCUT2D eigenvalue weighted by atomic mass is 9.75. The van der Waals surface area contributed by atoms with Gasteiger partial charge in [-0.2, -0.15) is 0 Å². The van der Waals surface area contributed by atoms with Gasteiger partial charge in [0.15, 0.2) is 5.78 Å². The van der Waals surface area contributed by atoms with E-state index in [1.807, 2.05) is 43.3 Å². The molecule has 0 bridgehead atoms. The zero-order chi connectivity index (χ0) is 19.1. The molecular formula is C23H21NO3. The summed E-state index contributed by atoms with van der Waals surface area (Å²) in [6.45, 7) is 3.91. The molecule has 2 aromatic carbocycles. The molecule has 0 saturated carbocycles. The lowest BCUT2D eigenvalue weighted by molar-refractivity contribution is -0.136. The molecule has 1 aliphatic carbocycles. The van der Waals surface area contributed by atoms with E-state index in [9.17, 15) is 9.59 Å². The average Bonchev–Trinajstić information content (AvgIpc) is 2.99. The number of ketones is 1. The summed E-state index contributed by atoms with van der Waals surface area (Å²) < 4.78 is 5.04. The van der Waals surface area contributed by atoms with Crippen molar-refractivity contribution in [1.82, 2.24) is 0 Å². The minimum atomic E-state index is -0.493. The quantitative estimate of drug-likeness (QED) is 0.776. The topological polar surface area (TPSA) is 55.7 Å². The van der Waals surface area contributed by atoms with Crippen LogP contribution < -0.4 is 0 Å². The predicted molar refractivity (Wildman–Crippen MR) is 104 cm³/mol. The Kier molecular flexibility index (Phi) is 4.27. The summed E-state index contributed by atoms with van der Waals surface area (Å²) in [7, 11) is 1.37. The van der Waals surface area contributed by atoms with E-state index < -0.39 is 17.8 Å². The van der Waals surface area contributed by atoms with E-state index in [0.717, 1.165) is 23.3 Å². The second-order valence-electron chi connectivity index (χ2n) is 6.95. The third-order valence-electron chi connectivity index (χ3n) is 5.52. The second-order valence-corrected chi connectivity index (χ2v) is 6.95. The molecule has 0 N–H and O–H groups in total. The number of benzene rings is 2. The van der Waals surface area contributed by atoms with Gasteiger partial charge < -0.3 is 4.74 Å². The Bertz CT molecular complexity index is 999. The van der Waals surface area contributed by atoms with Gasteiger partial charge in [-0.15, -0.1) is 0 Å². The minimum absolute atomic E-state index is 0.0165. The van der Waals surface area contributed by atoms with Crippen molar-refractivity contribution >= 4 is 17.5 Å². The molecule has 0 amide bonds. The number of hydrogen-bond acceptors (Lipinski definition) is 4. The van der Waals surface area contributed by atoms with Crippen molar-refractivity contribution < 1.29 is 14.3 Å². The van der Waals surface area contributed by atoms with Crippen LogP contribution in [0, 0.1) is 5.92 Å². The zero-order valence-corrected chi connectivity index (χ0v) is 15.7. The Balaban J connectivity index is 1.93. The Morgan fingerprint density at radius 3 is 2.33 bits per heavy atom. The highest BCUT2D eigenvalue weighted by Crippen LogP contribution is 2.45. The Morgan fingerprint density at radius 1 is 1.04 bits per heavy atom. The maximum atomic E-state index is 13.2. The highest BCUT2D eigenvalue weighted by atomic mass is 16.5. The molecule has 2 aromatic rings. The number of esters is 1. The zero-order valence-electron chi connectivity index (χ0n) is 15.7. The maximum Gasteiger partial charge on any atom is 0.336 e. The smallest absolute Gasteiger partial charge is 0.336 e. The van der Waals surface area contributed by atoms with Crippen LogP contribution in [0.15, 0.2) is 64.8 Å². The summed E-state index contributed by atoms with van der Waals surface area (Å²) in [5.74, 6) is -1.30. The van der Waals surface area contributed by atoms with Gasteiger partial charge in [0.2, 0.25) is 0 Å². The Labute approximate surface area is 158 Å². The molecule has 1 aliphatic heterocycles. The van der Waals surface area contributed by atoms with E-state index >= 15 is 0 Å². The third-order valence-corrected chi connectivity index (χ3v) is 5.52. The van der Waals surface area contributed by atoms with E-state index in [1.165, 1.54) is 12.7 Å². The molecule has 0 saturated heterocycles. The number of carbonyl (C=O) groups excluding carboxylic acids is 2. The first-order valence-electron chi connectivity index (χ1n) is 9.17. The first-order chi connectivity index (χ1) is 13.1. The van der Waals surface area contributed by atoms with Crippen LogP contribution in [-0.4, -0.2) is 24.6 Å². The predicted octanol–water partition coefficient (Wildman–Crippen LogP) is 4.10. The summed E-state index contributed by atoms with van der Waals surface area (Å²) in [6, 6.07) is 15.7. The molecule has 136 valence electrons. The van der Waals surface area contributed by atoms with Crippen LogP contribution in [0.3, 0.4) is 0 Å². The van der Waals surface area contributed by atoms with Gasteiger partial charge in [-0.25, -0.2) is 4.79 Å². The van der Waals surface area contributed by atoms with Crippen LogP contribution in [0.2, 0.25) is 0 Å². The summed E-state index contributed by atoms with van der Waals surface area (Å²) >= 11 is 0. The molecule has 1 heterocycles. The molecule has 2 atom stereocenters. The molecule has 0 radical (unpaired) electrons. The van der Waals surface area contributed by atoms with Crippen molar-refractivity contribution in [2.75, 3.05) is 7.11 Å². The lowest BCUT2D eigenvalue weighted by Crippen LogP contribution is -2.32. The Hall–Kier alpha value is -3.01. The van der Waals surface area contributed by atoms with Gasteiger partial charge in [-0.05, 0) is 24.5 Å². The van der Waals surface area contributed by atoms with Crippen LogP contribution in [0.4, 0.5) is 0 Å². The maximum absolute atomic E-state index is 13.2. The molecule has 4 nitrogen and oxygen atoms in total. The van der Waals surface area contributed by atoms with Crippen molar-refractivity contribution in [2.24, 2.45) is 10.9 Å². The van der Waals surface area contributed by atoms with Crippen molar-refractivity contribution in [3.8, 4) is 0 Å². The molecule has 0 aromatic heterocycles. The molecule has 2 aliphatic rings. The fourth-order valence-corrected chi connectivity index (χ4v) is 4.16. The number of methoxy groups -OCH3 is 1. The van der Waals surface area contributed by atoms with Crippen molar-refractivity contribution in [2.45, 2.75) is 26.2 Å². The highest BCUT2D eigenvalue weighted by Gasteiger charge is 2.47. The normalized spacial score (nSPS) is 20.9. The highest BCUT2D eigenvalue weighted by molar-refractivity contribution is 6.30. The van der Waals surface area contributed by atoms with Gasteiger partial charge in [0.1, 0.15) is 0 Å². The first-order valence-corrected chi connectivity index (χ1v) is 9.17. The molecule has 4 rings (SSSR count). The number of rotatable bonds is 3. The van der Waals surface area contributed by atoms with Crippen LogP contribution in [-0.2, 0) is 16.0 Å². The summed E-state index contributed by atoms with van der Waals surface area (Å²) in [6.07, 6.45) is 0.935. The van der Waals surface area contributed by atoms with Crippen molar-refractivity contribution in [3.05, 3.63) is 82.1 Å². The molecule has 4 heteroatoms. The summed E-state index contributed by atoms with van der Waals surface area (Å²) in [4.78, 5) is 30.5. The number of ether oxygens (including phenoxy) is 1. The van der Waals surface area contributed by atoms with Gasteiger partial charge in [0.25, 0.3) is 0 Å². The van der Waals surface area contributed by atoms with Gasteiger partial charge in [0.05, 0.1) is 24.3 Å². The van der Waals surface area contributed by atoms with Gasteiger partial charge in [-0.3, -0.25) is 9.79 Å². The first kappa shape index (κ1) is 17.4. The molecule has 1 unspecified atom stereocenters. The Morgan fingerprint density at radius 2 is 1.70 bits per heavy atom. The van der Waals surface area contributed by atoms with Gasteiger partial charge in [-0.1, -0.05) is 55.5 Å². The number of allylic oxidation sites excluding steroid dienone is 1. The number of carbonyl (C=O) groups is 2. The largest absolute Gasteiger partial charge is 0.466 e. The SMILES string of the molecule is CCc1ccc([C@@H]2C(C(=O)OC)=C(C)N=C3c4ccccc4C(=O)C32)cc1. The van der Waals surface area contributed by atoms with E-state index in [-0.39, 0.29) is 5.78 Å². The van der Waals surface area contributed by atoms with Gasteiger partial charge >= 0.3 is 5.97 Å². The fraction of sp³-hybridized carbons (Fsp3) is 0.261. The average molecular weight is 359 g/mol. The molecule has 27 heavy (non-hydrogen) atoms. The van der Waals surface area contributed by atoms with Crippen molar-refractivity contribution in [1.29, 1.82) is 0 Å². The number of hydrogen-bond donors (Lipinski definition) is 0. The van der Waals surface area contributed by atoms with Crippen LogP contribution >= 0.6 is 0 Å². The molecule has 0 fully saturated rings. The summed E-state index contributed by atoms with van der Waals surface area (Å²) in [5.41, 5.74) is 5.53. The standard InChI is InChI=1S/C23H21NO3/c1-4-14-9-11-15(12-10-14)19-18(23(26)27-3)13(2)24-21-16-7-5-6-8-17(16)22(25)20(19)21/h5-12,19-20H,4H2,1-3H3/t19-,20?/m1/s1. The van der Waals surface area contributed by atoms with Crippen LogP contribution in [0.1, 0.15) is 46.8 Å². The second kappa shape index (κ2) is 6.62. The van der Waals surface area contributed by atoms with Crippen molar-refractivity contribution in [3.63, 3.8) is 0 Å². The third kappa shape index (κ3) is 2.64. The minimum Gasteiger partial charge on any atom is -0.466 e. The number of aryl methyl sites for hydroxylation is 1. The van der Waals surface area contributed by atoms with Crippen LogP contribution in [0.5, 0.6) is 0 Å². The van der Waals surface area contributed by atoms with E-state index in [4.69, 9.17) is 4.74 Å². The lowest BCUT2D eigenvalue weighted by Gasteiger charge is -2.29. The monoisotopic (exact) mass is 359 g/mol. The number of aliphatic imine (C=N–C) groups is 1. The molecule has 0 spiro atoms. The van der Waals surface area contributed by atoms with E-state index in [2.05, 4.69) is 24.0 Å². The molecular weight excluding hydrogens is 338 g/mol. The summed E-state index contributed by atoms with van der Waals surface area (Å²) in [5, 5.41) is 0. The van der Waals surface area contributed by atoms with E-state index in [0.29, 0.717) is 16.8 Å². The van der Waals surface area contributed by atoms with Crippen LogP contribution in [0.25, 0.3) is 0 Å². The number of fused-ring (bicyclic) bond motifs is 3.